The van der Waals surface area contributed by atoms with Crippen molar-refractivity contribution in [1.29, 1.82) is 0 Å². The van der Waals surface area contributed by atoms with Crippen LogP contribution in [-0.4, -0.2) is 74.5 Å². The number of nitrogens with one attached hydrogen (secondary N) is 2. The lowest BCUT2D eigenvalue weighted by atomic mass is 9.55. The summed E-state index contributed by atoms with van der Waals surface area (Å²) in [6, 6.07) is 0. The number of aliphatic hydroxyl groups excluding tert-OH is 3. The summed E-state index contributed by atoms with van der Waals surface area (Å²) in [4.78, 5) is 2.67. The summed E-state index contributed by atoms with van der Waals surface area (Å²) in [6.45, 7) is 0.649. The van der Waals surface area contributed by atoms with Crippen LogP contribution in [0.3, 0.4) is 0 Å². The molecule has 21 heavy (non-hydrogen) atoms. The number of hydrogen-bond donors (Lipinski definition) is 7. The van der Waals surface area contributed by atoms with Gasteiger partial charge in [0, 0.05) is 0 Å². The summed E-state index contributed by atoms with van der Waals surface area (Å²) in [5.41, 5.74) is 2.13. The molecule has 4 fully saturated rings. The molecule has 5 rings (SSSR count). The zero-order valence-electron chi connectivity index (χ0n) is 10.8. The lowest BCUT2D eigenvalue weighted by molar-refractivity contribution is -0.710. The predicted octanol–water partition coefficient (Wildman–Crippen LogP) is -7.23. The molecular formula is C11H16N3O7. The molecule has 4 bridgehead atoms. The molecule has 5 aliphatic rings. The summed E-state index contributed by atoms with van der Waals surface area (Å²) in [7, 11) is 0. The number of hydrogen-bond acceptors (Lipinski definition) is 9. The van der Waals surface area contributed by atoms with Crippen molar-refractivity contribution in [2.75, 3.05) is 6.61 Å². The van der Waals surface area contributed by atoms with E-state index in [0.29, 0.717) is 0 Å². The van der Waals surface area contributed by atoms with Crippen LogP contribution in [0.15, 0.2) is 0 Å². The second kappa shape index (κ2) is 3.66. The molecule has 10 nitrogen and oxygen atoms in total. The number of ether oxygens (including phenoxy) is 2. The summed E-state index contributed by atoms with van der Waals surface area (Å²) in [5, 5.41) is 56.2. The molecule has 1 radical (unpaired) electrons. The molecule has 8 atom stereocenters. The zero-order valence-corrected chi connectivity index (χ0v) is 10.8. The smallest absolute Gasteiger partial charge is 0.342 e. The van der Waals surface area contributed by atoms with Gasteiger partial charge in [0.1, 0.15) is 42.5 Å². The van der Waals surface area contributed by atoms with Gasteiger partial charge in [-0.05, 0) is 0 Å². The molecule has 1 spiro atoms. The Morgan fingerprint density at radius 3 is 2.71 bits per heavy atom. The Balaban J connectivity index is 1.92. The Hall–Kier alpha value is -1.01. The fraction of sp³-hybridized carbons (Fsp3) is 0.818. The van der Waals surface area contributed by atoms with E-state index in [0.717, 1.165) is 0 Å². The highest BCUT2D eigenvalue weighted by Gasteiger charge is 2.80. The molecule has 1 saturated carbocycles. The van der Waals surface area contributed by atoms with E-state index in [1.54, 1.807) is 0 Å². The summed E-state index contributed by atoms with van der Waals surface area (Å²) < 4.78 is 10.2. The Morgan fingerprint density at radius 2 is 2.05 bits per heavy atom. The van der Waals surface area contributed by atoms with Crippen LogP contribution in [0.5, 0.6) is 0 Å². The normalized spacial score (nSPS) is 61.2. The van der Waals surface area contributed by atoms with Gasteiger partial charge in [0.2, 0.25) is 0 Å². The van der Waals surface area contributed by atoms with Crippen molar-refractivity contribution in [3.8, 4) is 0 Å². The van der Waals surface area contributed by atoms with Crippen LogP contribution < -0.4 is 21.1 Å². The van der Waals surface area contributed by atoms with Crippen molar-refractivity contribution in [2.24, 2.45) is 11.7 Å². The Morgan fingerprint density at radius 1 is 1.38 bits per heavy atom. The maximum absolute atomic E-state index is 12.5. The van der Waals surface area contributed by atoms with E-state index in [4.69, 9.17) is 15.2 Å². The molecule has 6 unspecified atom stereocenters. The summed E-state index contributed by atoms with van der Waals surface area (Å²) in [6.07, 6.45) is -5.82. The van der Waals surface area contributed by atoms with Crippen LogP contribution in [-0.2, 0) is 9.47 Å². The average molecular weight is 302 g/mol. The van der Waals surface area contributed by atoms with Gasteiger partial charge in [0.15, 0.2) is 5.54 Å². The number of rotatable bonds is 1. The van der Waals surface area contributed by atoms with Gasteiger partial charge in [-0.15, -0.1) is 0 Å². The third-order valence-corrected chi connectivity index (χ3v) is 5.03. The van der Waals surface area contributed by atoms with E-state index >= 15 is 0 Å². The molecule has 0 aromatic rings. The fourth-order valence-electron chi connectivity index (χ4n) is 4.01. The van der Waals surface area contributed by atoms with Crippen molar-refractivity contribution in [1.82, 2.24) is 5.32 Å². The van der Waals surface area contributed by atoms with Crippen LogP contribution in [0.4, 0.5) is 0 Å². The highest BCUT2D eigenvalue weighted by Crippen LogP contribution is 2.56. The second-order valence-electron chi connectivity index (χ2n) is 5.99. The first-order valence-corrected chi connectivity index (χ1v) is 6.55. The first-order valence-electron chi connectivity index (χ1n) is 6.55. The van der Waals surface area contributed by atoms with Crippen molar-refractivity contribution in [3.05, 3.63) is 6.54 Å². The molecule has 4 heterocycles. The minimum absolute atomic E-state index is 0.0439. The molecule has 1 aliphatic carbocycles. The molecule has 0 aromatic heterocycles. The van der Waals surface area contributed by atoms with Gasteiger partial charge in [-0.25, -0.2) is 0 Å². The Bertz CT molecular complexity index is 532. The van der Waals surface area contributed by atoms with Crippen LogP contribution in [0, 0.1) is 12.5 Å². The first kappa shape index (κ1) is 13.6. The summed E-state index contributed by atoms with van der Waals surface area (Å²) >= 11 is 0. The molecule has 0 aromatic carbocycles. The minimum atomic E-state index is -2.65. The first-order chi connectivity index (χ1) is 9.79. The monoisotopic (exact) mass is 302 g/mol. The lowest BCUT2D eigenvalue weighted by Gasteiger charge is -2.73. The fourth-order valence-corrected chi connectivity index (χ4v) is 4.01. The van der Waals surface area contributed by atoms with Crippen LogP contribution in [0.2, 0.25) is 0 Å². The molecule has 0 amide bonds. The van der Waals surface area contributed by atoms with E-state index < -0.39 is 54.1 Å². The molecule has 10 heteroatoms. The van der Waals surface area contributed by atoms with E-state index in [-0.39, 0.29) is 5.96 Å². The third-order valence-electron chi connectivity index (χ3n) is 5.03. The number of guanidine groups is 1. The van der Waals surface area contributed by atoms with Gasteiger partial charge in [-0.1, -0.05) is 0 Å². The second-order valence-corrected chi connectivity index (χ2v) is 5.99. The highest BCUT2D eigenvalue weighted by atomic mass is 16.9. The molecule has 8 N–H and O–H groups in total. The number of nitrogens with two attached hydrogens (primary N) is 1. The Labute approximate surface area is 118 Å². The predicted molar refractivity (Wildman–Crippen MR) is 60.3 cm³/mol. The van der Waals surface area contributed by atoms with Gasteiger partial charge < -0.3 is 35.0 Å². The van der Waals surface area contributed by atoms with Gasteiger partial charge in [-0.3, -0.25) is 16.0 Å². The van der Waals surface area contributed by atoms with E-state index in [1.807, 2.05) is 0 Å². The van der Waals surface area contributed by atoms with Crippen LogP contribution >= 0.6 is 0 Å². The molecule has 4 aliphatic heterocycles. The maximum atomic E-state index is 12.5. The van der Waals surface area contributed by atoms with E-state index in [9.17, 15) is 25.5 Å². The van der Waals surface area contributed by atoms with Crippen molar-refractivity contribution in [2.45, 2.75) is 41.5 Å². The van der Waals surface area contributed by atoms with Gasteiger partial charge in [0.05, 0.1) is 12.5 Å². The van der Waals surface area contributed by atoms with Crippen molar-refractivity contribution < 1.29 is 40.0 Å². The quantitative estimate of drug-likeness (QED) is 0.248. The molecule has 3 saturated heterocycles. The van der Waals surface area contributed by atoms with Gasteiger partial charge in [-0.2, -0.15) is 0 Å². The zero-order chi connectivity index (χ0) is 15.2. The standard InChI is InChI=1S/C11H16N3O7/c12-8-13-1-3-5-9(18,2-15)6-4(16)10(3,14-8)7(17)11(19,20-5)21-6/h1,3-7,13-18H,2,12H2/t3?,4-,5?,6?,7+,9?,10?,11?/m1/s1. The van der Waals surface area contributed by atoms with Crippen LogP contribution in [0.25, 0.3) is 0 Å². The minimum Gasteiger partial charge on any atom is -0.805 e. The summed E-state index contributed by atoms with van der Waals surface area (Å²) in [5.74, 6) is -3.41. The van der Waals surface area contributed by atoms with E-state index in [1.165, 1.54) is 6.54 Å². The molecule has 117 valence electrons. The van der Waals surface area contributed by atoms with Crippen LogP contribution in [0.1, 0.15) is 0 Å². The Kier molecular flexibility index (Phi) is 2.38. The van der Waals surface area contributed by atoms with Gasteiger partial charge >= 0.3 is 5.96 Å². The third kappa shape index (κ3) is 1.26. The topological polar surface area (TPSA) is 174 Å². The SMILES string of the molecule is NC1=[NH+][CH]C2C3OC4([O-])OC([C@@H](O)C2(N1)[C@@H]4O)C3(O)CO. The van der Waals surface area contributed by atoms with Gasteiger partial charge in [0.25, 0.3) is 0 Å². The largest absolute Gasteiger partial charge is 0.805 e. The van der Waals surface area contributed by atoms with Crippen molar-refractivity contribution >= 4 is 5.96 Å². The lowest BCUT2D eigenvalue weighted by Crippen LogP contribution is -3.01. The number of aliphatic hydroxyl groups is 4. The van der Waals surface area contributed by atoms with Crippen molar-refractivity contribution in [3.63, 3.8) is 0 Å². The maximum Gasteiger partial charge on any atom is 0.342 e. The van der Waals surface area contributed by atoms with E-state index in [2.05, 4.69) is 10.3 Å². The average Bonchev–Trinajstić information content (AvgIpc) is 2.45. The molecular weight excluding hydrogens is 286 g/mol. The highest BCUT2D eigenvalue weighted by molar-refractivity contribution is 5.74.